The number of rotatable bonds is 6. The smallest absolute Gasteiger partial charge is 0.254 e. The number of thiophene rings is 1. The number of carbonyl (C=O) groups excluding carboxylic acids is 1. The molecule has 2 aliphatic heterocycles. The summed E-state index contributed by atoms with van der Waals surface area (Å²) in [6.45, 7) is 2.86. The molecule has 0 N–H and O–H groups in total. The summed E-state index contributed by atoms with van der Waals surface area (Å²) in [5.74, 6) is 2.03. The van der Waals surface area contributed by atoms with Crippen molar-refractivity contribution in [2.24, 2.45) is 5.92 Å². The third kappa shape index (κ3) is 4.45. The fourth-order valence-electron chi connectivity index (χ4n) is 4.25. The van der Waals surface area contributed by atoms with Crippen molar-refractivity contribution in [3.05, 3.63) is 34.1 Å². The number of ether oxygens (including phenoxy) is 2. The predicted octanol–water partition coefficient (Wildman–Crippen LogP) is 2.96. The maximum Gasteiger partial charge on any atom is 0.254 e. The van der Waals surface area contributed by atoms with Crippen LogP contribution >= 0.6 is 11.3 Å². The van der Waals surface area contributed by atoms with E-state index in [2.05, 4.69) is 10.1 Å². The highest BCUT2D eigenvalue weighted by atomic mass is 32.1. The molecule has 2 aromatic rings. The van der Waals surface area contributed by atoms with Crippen molar-refractivity contribution in [3.63, 3.8) is 0 Å². The van der Waals surface area contributed by atoms with Gasteiger partial charge in [-0.3, -0.25) is 4.79 Å². The van der Waals surface area contributed by atoms with Gasteiger partial charge in [0.05, 0.1) is 17.8 Å². The van der Waals surface area contributed by atoms with Crippen molar-refractivity contribution in [2.75, 3.05) is 33.4 Å². The molecule has 2 saturated heterocycles. The van der Waals surface area contributed by atoms with Crippen LogP contribution in [0.2, 0.25) is 0 Å². The van der Waals surface area contributed by atoms with E-state index in [0.717, 1.165) is 57.4 Å². The molecule has 4 heterocycles. The summed E-state index contributed by atoms with van der Waals surface area (Å²) in [5, 5.41) is 7.91. The van der Waals surface area contributed by atoms with E-state index in [1.54, 1.807) is 18.4 Å². The minimum absolute atomic E-state index is 0.118. The van der Waals surface area contributed by atoms with E-state index in [1.165, 1.54) is 0 Å². The Kier molecular flexibility index (Phi) is 6.08. The number of aromatic nitrogens is 2. The van der Waals surface area contributed by atoms with Gasteiger partial charge in [0.25, 0.3) is 5.91 Å². The second-order valence-corrected chi connectivity index (χ2v) is 8.53. The lowest BCUT2D eigenvalue weighted by Gasteiger charge is -2.46. The lowest BCUT2D eigenvalue weighted by atomic mass is 9.78. The van der Waals surface area contributed by atoms with Crippen LogP contribution in [0.5, 0.6) is 0 Å². The minimum atomic E-state index is -0.118. The largest absolute Gasteiger partial charge is 0.384 e. The van der Waals surface area contributed by atoms with E-state index >= 15 is 0 Å². The molecule has 1 unspecified atom stereocenters. The summed E-state index contributed by atoms with van der Waals surface area (Å²) in [5.41, 5.74) is 0.678. The maximum atomic E-state index is 12.6. The monoisotopic (exact) mass is 405 g/mol. The highest BCUT2D eigenvalue weighted by molar-refractivity contribution is 7.08. The second-order valence-electron chi connectivity index (χ2n) is 7.75. The van der Waals surface area contributed by atoms with E-state index in [-0.39, 0.29) is 11.5 Å². The number of methoxy groups -OCH3 is 1. The van der Waals surface area contributed by atoms with Crippen molar-refractivity contribution >= 4 is 17.2 Å². The molecule has 4 rings (SSSR count). The second kappa shape index (κ2) is 8.71. The number of amides is 1. The molecule has 1 atom stereocenters. The van der Waals surface area contributed by atoms with Crippen LogP contribution in [0.25, 0.3) is 0 Å². The Labute approximate surface area is 169 Å². The number of piperidine rings is 1. The van der Waals surface area contributed by atoms with Crippen molar-refractivity contribution < 1.29 is 18.8 Å². The number of likely N-dealkylation sites (tertiary alicyclic amines) is 1. The van der Waals surface area contributed by atoms with Crippen LogP contribution < -0.4 is 0 Å². The van der Waals surface area contributed by atoms with Gasteiger partial charge in [-0.15, -0.1) is 0 Å². The first-order valence-electron chi connectivity index (χ1n) is 9.93. The molecule has 152 valence electrons. The Morgan fingerprint density at radius 3 is 3.04 bits per heavy atom. The molecule has 7 nitrogen and oxygen atoms in total. The lowest BCUT2D eigenvalue weighted by Crippen LogP contribution is -2.51. The van der Waals surface area contributed by atoms with Gasteiger partial charge in [-0.1, -0.05) is 5.16 Å². The molecule has 1 spiro atoms. The first-order valence-corrected chi connectivity index (χ1v) is 10.9. The molecule has 0 bridgehead atoms. The van der Waals surface area contributed by atoms with Crippen molar-refractivity contribution in [1.82, 2.24) is 15.0 Å². The summed E-state index contributed by atoms with van der Waals surface area (Å²) >= 11 is 1.56. The number of hydrogen-bond acceptors (Lipinski definition) is 7. The predicted molar refractivity (Wildman–Crippen MR) is 104 cm³/mol. The van der Waals surface area contributed by atoms with Crippen molar-refractivity contribution in [3.8, 4) is 0 Å². The van der Waals surface area contributed by atoms with Crippen LogP contribution in [0.4, 0.5) is 0 Å². The van der Waals surface area contributed by atoms with Crippen molar-refractivity contribution in [2.45, 2.75) is 44.1 Å². The van der Waals surface area contributed by atoms with Crippen LogP contribution in [0.1, 0.15) is 47.8 Å². The lowest BCUT2D eigenvalue weighted by molar-refractivity contribution is -0.123. The summed E-state index contributed by atoms with van der Waals surface area (Å²) in [7, 11) is 1.67. The Bertz CT molecular complexity index is 768. The third-order valence-electron chi connectivity index (χ3n) is 5.83. The third-order valence-corrected chi connectivity index (χ3v) is 6.51. The number of hydrogen-bond donors (Lipinski definition) is 0. The van der Waals surface area contributed by atoms with Crippen LogP contribution in [-0.4, -0.2) is 60.0 Å². The average molecular weight is 406 g/mol. The van der Waals surface area contributed by atoms with E-state index in [4.69, 9.17) is 14.0 Å². The van der Waals surface area contributed by atoms with Gasteiger partial charge in [0, 0.05) is 45.0 Å². The first kappa shape index (κ1) is 19.5. The molecular formula is C20H27N3O4S. The average Bonchev–Trinajstić information content (AvgIpc) is 3.39. The Morgan fingerprint density at radius 2 is 2.29 bits per heavy atom. The summed E-state index contributed by atoms with van der Waals surface area (Å²) < 4.78 is 16.7. The number of nitrogens with zero attached hydrogens (tertiary/aromatic N) is 3. The SMILES string of the molecule is COCCc1noc(CC2CCOC3(CCN(C(=O)c4ccsc4)CC3)C2)n1. The van der Waals surface area contributed by atoms with E-state index < -0.39 is 0 Å². The van der Waals surface area contributed by atoms with Gasteiger partial charge >= 0.3 is 0 Å². The van der Waals surface area contributed by atoms with Gasteiger partial charge in [0.1, 0.15) is 0 Å². The normalized spacial score (nSPS) is 21.9. The zero-order valence-corrected chi connectivity index (χ0v) is 17.1. The zero-order valence-electron chi connectivity index (χ0n) is 16.3. The van der Waals surface area contributed by atoms with Crippen LogP contribution in [0.15, 0.2) is 21.3 Å². The molecule has 2 fully saturated rings. The van der Waals surface area contributed by atoms with Gasteiger partial charge < -0.3 is 18.9 Å². The molecule has 2 aromatic heterocycles. The highest BCUT2D eigenvalue weighted by Crippen LogP contribution is 2.39. The minimum Gasteiger partial charge on any atom is -0.384 e. The van der Waals surface area contributed by atoms with E-state index in [1.807, 2.05) is 21.7 Å². The Morgan fingerprint density at radius 1 is 1.43 bits per heavy atom. The fourth-order valence-corrected chi connectivity index (χ4v) is 4.88. The van der Waals surface area contributed by atoms with Gasteiger partial charge in [-0.05, 0) is 43.0 Å². The fraction of sp³-hybridized carbons (Fsp3) is 0.650. The molecule has 0 saturated carbocycles. The Balaban J connectivity index is 1.31. The van der Waals surface area contributed by atoms with Crippen molar-refractivity contribution in [1.29, 1.82) is 0 Å². The first-order chi connectivity index (χ1) is 13.7. The summed E-state index contributed by atoms with van der Waals surface area (Å²) in [6.07, 6.45) is 5.25. The Hall–Kier alpha value is -1.77. The van der Waals surface area contributed by atoms with Crippen LogP contribution in [0, 0.1) is 5.92 Å². The van der Waals surface area contributed by atoms with E-state index in [9.17, 15) is 4.79 Å². The summed E-state index contributed by atoms with van der Waals surface area (Å²) in [6, 6.07) is 1.90. The summed E-state index contributed by atoms with van der Waals surface area (Å²) in [4.78, 5) is 19.0. The molecule has 8 heteroatoms. The number of carbonyl (C=O) groups is 1. The molecule has 28 heavy (non-hydrogen) atoms. The molecular weight excluding hydrogens is 378 g/mol. The topological polar surface area (TPSA) is 77.7 Å². The molecule has 0 aromatic carbocycles. The molecule has 0 radical (unpaired) electrons. The molecule has 1 amide bonds. The maximum absolute atomic E-state index is 12.6. The molecule has 2 aliphatic rings. The van der Waals surface area contributed by atoms with Gasteiger partial charge in [-0.2, -0.15) is 16.3 Å². The quantitative estimate of drug-likeness (QED) is 0.735. The zero-order chi connectivity index (χ0) is 19.4. The van der Waals surface area contributed by atoms with Gasteiger partial charge in [0.2, 0.25) is 5.89 Å². The highest BCUT2D eigenvalue weighted by Gasteiger charge is 2.41. The van der Waals surface area contributed by atoms with Crippen LogP contribution in [-0.2, 0) is 22.3 Å². The molecule has 0 aliphatic carbocycles. The van der Waals surface area contributed by atoms with Gasteiger partial charge in [0.15, 0.2) is 5.82 Å². The standard InChI is InChI=1S/C20H27N3O4S/c1-25-9-3-17-21-18(27-22-17)12-15-2-10-26-20(13-15)5-7-23(8-6-20)19(24)16-4-11-28-14-16/h4,11,14-15H,2-3,5-10,12-13H2,1H3. The van der Waals surface area contributed by atoms with Crippen LogP contribution in [0.3, 0.4) is 0 Å². The van der Waals surface area contributed by atoms with Gasteiger partial charge in [-0.25, -0.2) is 0 Å². The van der Waals surface area contributed by atoms with E-state index in [0.29, 0.717) is 30.7 Å².